The third kappa shape index (κ3) is 4.68. The predicted octanol–water partition coefficient (Wildman–Crippen LogP) is 2.06. The number of carboxylic acid groups (broad SMARTS) is 1. The van der Waals surface area contributed by atoms with Gasteiger partial charge >= 0.3 is 5.97 Å². The van der Waals surface area contributed by atoms with E-state index in [1.807, 2.05) is 19.9 Å². The number of hydrogen-bond donors (Lipinski definition) is 3. The molecule has 0 aromatic heterocycles. The van der Waals surface area contributed by atoms with Crippen molar-refractivity contribution in [2.45, 2.75) is 32.7 Å². The molecule has 3 rings (SSSR count). The highest BCUT2D eigenvalue weighted by atomic mass is 16.4. The molecule has 2 unspecified atom stereocenters. The van der Waals surface area contributed by atoms with Crippen LogP contribution < -0.4 is 10.6 Å². The van der Waals surface area contributed by atoms with Crippen molar-refractivity contribution in [3.63, 3.8) is 0 Å². The van der Waals surface area contributed by atoms with E-state index in [-0.39, 0.29) is 18.2 Å². The molecule has 0 spiro atoms. The molecule has 2 atom stereocenters. The van der Waals surface area contributed by atoms with E-state index < -0.39 is 23.8 Å². The van der Waals surface area contributed by atoms with Crippen molar-refractivity contribution in [2.75, 3.05) is 0 Å². The Kier molecular flexibility index (Phi) is 5.77. The van der Waals surface area contributed by atoms with Crippen molar-refractivity contribution >= 4 is 23.7 Å². The molecule has 0 radical (unpaired) electrons. The van der Waals surface area contributed by atoms with Gasteiger partial charge in [0.25, 0.3) is 5.91 Å². The van der Waals surface area contributed by atoms with Crippen LogP contribution >= 0.6 is 0 Å². The van der Waals surface area contributed by atoms with E-state index >= 15 is 0 Å². The zero-order chi connectivity index (χ0) is 21.1. The minimum atomic E-state index is -1.16. The van der Waals surface area contributed by atoms with Gasteiger partial charge in [-0.2, -0.15) is 0 Å². The SMILES string of the molecule is Cc1ccc(C(NC(=O)c2ccc(CC3CC(=O)NC3=O)cc2)C(=O)O)cc1C. The van der Waals surface area contributed by atoms with Gasteiger partial charge in [-0.15, -0.1) is 0 Å². The first kappa shape index (κ1) is 20.3. The van der Waals surface area contributed by atoms with Crippen molar-refractivity contribution in [3.05, 3.63) is 70.3 Å². The lowest BCUT2D eigenvalue weighted by Gasteiger charge is -2.16. The third-order valence-electron chi connectivity index (χ3n) is 5.15. The summed E-state index contributed by atoms with van der Waals surface area (Å²) in [7, 11) is 0. The summed E-state index contributed by atoms with van der Waals surface area (Å²) < 4.78 is 0. The zero-order valence-corrected chi connectivity index (χ0v) is 16.2. The Bertz CT molecular complexity index is 981. The topological polar surface area (TPSA) is 113 Å². The van der Waals surface area contributed by atoms with Crippen LogP contribution in [0.2, 0.25) is 0 Å². The molecule has 1 aliphatic heterocycles. The molecule has 1 aliphatic rings. The van der Waals surface area contributed by atoms with Crippen LogP contribution in [0.5, 0.6) is 0 Å². The summed E-state index contributed by atoms with van der Waals surface area (Å²) in [5, 5.41) is 14.4. The van der Waals surface area contributed by atoms with Gasteiger partial charge in [-0.25, -0.2) is 4.79 Å². The van der Waals surface area contributed by atoms with Crippen molar-refractivity contribution in [1.29, 1.82) is 0 Å². The maximum atomic E-state index is 12.6. The molecule has 0 saturated carbocycles. The number of rotatable bonds is 6. The van der Waals surface area contributed by atoms with E-state index in [9.17, 15) is 24.3 Å². The lowest BCUT2D eigenvalue weighted by Crippen LogP contribution is -2.33. The summed E-state index contributed by atoms with van der Waals surface area (Å²) in [5.41, 5.74) is 3.62. The smallest absolute Gasteiger partial charge is 0.330 e. The van der Waals surface area contributed by atoms with Gasteiger partial charge in [0.1, 0.15) is 0 Å². The second kappa shape index (κ2) is 8.26. The summed E-state index contributed by atoms with van der Waals surface area (Å²) >= 11 is 0. The Morgan fingerprint density at radius 1 is 1.10 bits per heavy atom. The number of carboxylic acids is 1. The molecule has 0 bridgehead atoms. The first-order valence-corrected chi connectivity index (χ1v) is 9.28. The van der Waals surface area contributed by atoms with E-state index in [0.717, 1.165) is 16.7 Å². The summed E-state index contributed by atoms with van der Waals surface area (Å²) in [6.45, 7) is 3.82. The molecule has 2 aromatic carbocycles. The van der Waals surface area contributed by atoms with Crippen molar-refractivity contribution in [3.8, 4) is 0 Å². The monoisotopic (exact) mass is 394 g/mol. The van der Waals surface area contributed by atoms with Gasteiger partial charge in [0, 0.05) is 12.0 Å². The van der Waals surface area contributed by atoms with Crippen LogP contribution in [0.3, 0.4) is 0 Å². The van der Waals surface area contributed by atoms with Crippen LogP contribution in [-0.4, -0.2) is 28.8 Å². The lowest BCUT2D eigenvalue weighted by atomic mass is 9.97. The number of amides is 3. The van der Waals surface area contributed by atoms with Crippen molar-refractivity contribution < 1.29 is 24.3 Å². The molecule has 1 fully saturated rings. The Morgan fingerprint density at radius 3 is 2.34 bits per heavy atom. The normalized spacial score (nSPS) is 17.0. The van der Waals surface area contributed by atoms with Gasteiger partial charge < -0.3 is 10.4 Å². The number of benzene rings is 2. The molecule has 150 valence electrons. The molecule has 1 saturated heterocycles. The Morgan fingerprint density at radius 2 is 1.79 bits per heavy atom. The fourth-order valence-corrected chi connectivity index (χ4v) is 3.29. The second-order valence-corrected chi connectivity index (χ2v) is 7.30. The lowest BCUT2D eigenvalue weighted by molar-refractivity contribution is -0.139. The van der Waals surface area contributed by atoms with Gasteiger partial charge in [0.15, 0.2) is 6.04 Å². The third-order valence-corrected chi connectivity index (χ3v) is 5.15. The number of aliphatic carboxylic acids is 1. The van der Waals surface area contributed by atoms with Crippen LogP contribution in [-0.2, 0) is 20.8 Å². The fraction of sp³-hybridized carbons (Fsp3) is 0.273. The number of nitrogens with one attached hydrogen (secondary N) is 2. The summed E-state index contributed by atoms with van der Waals surface area (Å²) in [4.78, 5) is 47.2. The highest BCUT2D eigenvalue weighted by Gasteiger charge is 2.30. The van der Waals surface area contributed by atoms with Crippen LogP contribution in [0.15, 0.2) is 42.5 Å². The average molecular weight is 394 g/mol. The Labute approximate surface area is 168 Å². The van der Waals surface area contributed by atoms with Crippen LogP contribution in [0.25, 0.3) is 0 Å². The van der Waals surface area contributed by atoms with Gasteiger partial charge in [0.2, 0.25) is 11.8 Å². The predicted molar refractivity (Wildman–Crippen MR) is 105 cm³/mol. The van der Waals surface area contributed by atoms with Gasteiger partial charge in [-0.3, -0.25) is 19.7 Å². The number of carbonyl (C=O) groups excluding carboxylic acids is 3. The molecule has 3 amide bonds. The van der Waals surface area contributed by atoms with E-state index in [1.54, 1.807) is 36.4 Å². The van der Waals surface area contributed by atoms with Crippen LogP contribution in [0.4, 0.5) is 0 Å². The van der Waals surface area contributed by atoms with Crippen molar-refractivity contribution in [2.24, 2.45) is 5.92 Å². The minimum absolute atomic E-state index is 0.164. The molecule has 2 aromatic rings. The first-order valence-electron chi connectivity index (χ1n) is 9.28. The molecule has 29 heavy (non-hydrogen) atoms. The van der Waals surface area contributed by atoms with Gasteiger partial charge in [0.05, 0.1) is 5.92 Å². The first-order chi connectivity index (χ1) is 13.7. The summed E-state index contributed by atoms with van der Waals surface area (Å²) in [6, 6.07) is 10.7. The molecule has 1 heterocycles. The summed E-state index contributed by atoms with van der Waals surface area (Å²) in [5.74, 6) is -2.61. The Hall–Kier alpha value is -3.48. The second-order valence-electron chi connectivity index (χ2n) is 7.30. The number of hydrogen-bond acceptors (Lipinski definition) is 4. The molecule has 0 aliphatic carbocycles. The largest absolute Gasteiger partial charge is 0.479 e. The average Bonchev–Trinajstić information content (AvgIpc) is 2.99. The minimum Gasteiger partial charge on any atom is -0.479 e. The number of carbonyl (C=O) groups is 4. The summed E-state index contributed by atoms with van der Waals surface area (Å²) in [6.07, 6.45) is 0.567. The fourth-order valence-electron chi connectivity index (χ4n) is 3.29. The van der Waals surface area contributed by atoms with E-state index in [4.69, 9.17) is 0 Å². The zero-order valence-electron chi connectivity index (χ0n) is 16.2. The van der Waals surface area contributed by atoms with E-state index in [2.05, 4.69) is 10.6 Å². The molecular formula is C22H22N2O5. The van der Waals surface area contributed by atoms with Crippen LogP contribution in [0.1, 0.15) is 45.1 Å². The molecule has 7 heteroatoms. The maximum Gasteiger partial charge on any atom is 0.330 e. The van der Waals surface area contributed by atoms with E-state index in [0.29, 0.717) is 17.5 Å². The standard InChI is InChI=1S/C22H22N2O5/c1-12-3-6-16(9-13(12)2)19(22(28)29)24-20(26)15-7-4-14(5-8-15)10-17-11-18(25)23-21(17)27/h3-9,17,19H,10-11H2,1-2H3,(H,24,26)(H,28,29)(H,23,25,27). The number of aryl methyl sites for hydroxylation is 2. The van der Waals surface area contributed by atoms with E-state index in [1.165, 1.54) is 0 Å². The molecular weight excluding hydrogens is 372 g/mol. The Balaban J connectivity index is 1.70. The molecule has 3 N–H and O–H groups in total. The maximum absolute atomic E-state index is 12.6. The highest BCUT2D eigenvalue weighted by molar-refractivity contribution is 6.03. The molecule has 7 nitrogen and oxygen atoms in total. The van der Waals surface area contributed by atoms with Crippen molar-refractivity contribution in [1.82, 2.24) is 10.6 Å². The van der Waals surface area contributed by atoms with Gasteiger partial charge in [-0.05, 0) is 54.7 Å². The highest BCUT2D eigenvalue weighted by Crippen LogP contribution is 2.20. The van der Waals surface area contributed by atoms with Gasteiger partial charge in [-0.1, -0.05) is 30.3 Å². The number of imide groups is 1. The quantitative estimate of drug-likeness (QED) is 0.649. The van der Waals surface area contributed by atoms with Crippen LogP contribution in [0, 0.1) is 19.8 Å².